The van der Waals surface area contributed by atoms with E-state index >= 15 is 0 Å². The van der Waals surface area contributed by atoms with Crippen LogP contribution in [-0.2, 0) is 4.74 Å². The van der Waals surface area contributed by atoms with E-state index in [2.05, 4.69) is 39.6 Å². The molecule has 0 radical (unpaired) electrons. The van der Waals surface area contributed by atoms with Crippen LogP contribution in [0.25, 0.3) is 0 Å². The summed E-state index contributed by atoms with van der Waals surface area (Å²) < 4.78 is 5.88. The van der Waals surface area contributed by atoms with E-state index in [0.29, 0.717) is 12.2 Å². The van der Waals surface area contributed by atoms with Crippen molar-refractivity contribution in [2.75, 3.05) is 13.6 Å². The van der Waals surface area contributed by atoms with Crippen LogP contribution in [0.15, 0.2) is 0 Å². The Bertz CT molecular complexity index is 183. The molecule has 16 heavy (non-hydrogen) atoms. The molecular weight excluding hydrogens is 198 g/mol. The predicted octanol–water partition coefficient (Wildman–Crippen LogP) is 3.31. The normalized spacial score (nSPS) is 27.0. The van der Waals surface area contributed by atoms with Crippen LogP contribution in [0.3, 0.4) is 0 Å². The zero-order chi connectivity index (χ0) is 12.1. The van der Waals surface area contributed by atoms with E-state index in [0.717, 1.165) is 12.0 Å². The first-order valence-electron chi connectivity index (χ1n) is 6.84. The highest BCUT2D eigenvalue weighted by atomic mass is 16.5. The Morgan fingerprint density at radius 3 is 2.06 bits per heavy atom. The second kappa shape index (κ2) is 6.61. The lowest BCUT2D eigenvalue weighted by Crippen LogP contribution is -2.39. The number of ether oxygens (including phenoxy) is 1. The molecule has 0 aromatic rings. The summed E-state index contributed by atoms with van der Waals surface area (Å²) in [6, 6.07) is 0.786. The molecule has 1 rings (SSSR count). The third-order valence-electron chi connectivity index (χ3n) is 3.38. The van der Waals surface area contributed by atoms with Gasteiger partial charge in [0, 0.05) is 12.6 Å². The summed E-state index contributed by atoms with van der Waals surface area (Å²) in [7, 11) is 2.27. The van der Waals surface area contributed by atoms with Gasteiger partial charge in [-0.3, -0.25) is 0 Å². The predicted molar refractivity (Wildman–Crippen MR) is 69.7 cm³/mol. The van der Waals surface area contributed by atoms with Crippen molar-refractivity contribution in [3.8, 4) is 0 Å². The molecule has 0 bridgehead atoms. The zero-order valence-corrected chi connectivity index (χ0v) is 11.7. The molecule has 1 aliphatic carbocycles. The Balaban J connectivity index is 2.25. The Morgan fingerprint density at radius 1 is 1.06 bits per heavy atom. The highest BCUT2D eigenvalue weighted by Crippen LogP contribution is 2.25. The van der Waals surface area contributed by atoms with Crippen LogP contribution < -0.4 is 0 Å². The zero-order valence-electron chi connectivity index (χ0n) is 11.7. The molecule has 1 fully saturated rings. The van der Waals surface area contributed by atoms with Gasteiger partial charge in [-0.2, -0.15) is 0 Å². The van der Waals surface area contributed by atoms with Crippen LogP contribution in [0.1, 0.15) is 53.4 Å². The van der Waals surface area contributed by atoms with Crippen molar-refractivity contribution in [3.05, 3.63) is 0 Å². The van der Waals surface area contributed by atoms with Gasteiger partial charge in [0.05, 0.1) is 12.2 Å². The van der Waals surface area contributed by atoms with E-state index in [9.17, 15) is 0 Å². The molecule has 0 aromatic carbocycles. The molecule has 0 aromatic heterocycles. The van der Waals surface area contributed by atoms with E-state index in [1.54, 1.807) is 0 Å². The fourth-order valence-electron chi connectivity index (χ4n) is 2.73. The first-order chi connectivity index (χ1) is 7.49. The van der Waals surface area contributed by atoms with Gasteiger partial charge >= 0.3 is 0 Å². The molecular formula is C14H29NO. The van der Waals surface area contributed by atoms with Crippen LogP contribution in [-0.4, -0.2) is 36.7 Å². The van der Waals surface area contributed by atoms with E-state index in [4.69, 9.17) is 4.74 Å². The quantitative estimate of drug-likeness (QED) is 0.714. The molecule has 0 saturated heterocycles. The number of rotatable bonds is 5. The summed E-state index contributed by atoms with van der Waals surface area (Å²) in [6.45, 7) is 10.1. The Hall–Kier alpha value is -0.0800. The van der Waals surface area contributed by atoms with Crippen molar-refractivity contribution >= 4 is 0 Å². The summed E-state index contributed by atoms with van der Waals surface area (Å²) in [4.78, 5) is 2.54. The molecule has 0 N–H and O–H groups in total. The molecule has 2 nitrogen and oxygen atoms in total. The summed E-state index contributed by atoms with van der Waals surface area (Å²) >= 11 is 0. The lowest BCUT2D eigenvalue weighted by Gasteiger charge is -2.36. The third-order valence-corrected chi connectivity index (χ3v) is 3.38. The van der Waals surface area contributed by atoms with Crippen LogP contribution in [0, 0.1) is 5.92 Å². The molecule has 1 aliphatic rings. The standard InChI is InChI=1S/C14H29NO/c1-11(2)10-15(5)13-6-8-14(9-7-13)16-12(3)4/h11-14H,6-10H2,1-5H3/t13-,14+. The van der Waals surface area contributed by atoms with E-state index in [1.165, 1.54) is 32.2 Å². The number of hydrogen-bond acceptors (Lipinski definition) is 2. The summed E-state index contributed by atoms with van der Waals surface area (Å²) in [5, 5.41) is 0. The van der Waals surface area contributed by atoms with Gasteiger partial charge < -0.3 is 9.64 Å². The van der Waals surface area contributed by atoms with Gasteiger partial charge in [0.1, 0.15) is 0 Å². The van der Waals surface area contributed by atoms with Gasteiger partial charge in [0.25, 0.3) is 0 Å². The minimum absolute atomic E-state index is 0.384. The fourth-order valence-corrected chi connectivity index (χ4v) is 2.73. The maximum absolute atomic E-state index is 5.88. The van der Waals surface area contributed by atoms with Gasteiger partial charge in [-0.15, -0.1) is 0 Å². The number of hydrogen-bond donors (Lipinski definition) is 0. The minimum atomic E-state index is 0.384. The molecule has 1 saturated carbocycles. The van der Waals surface area contributed by atoms with Crippen LogP contribution in [0.2, 0.25) is 0 Å². The second-order valence-electron chi connectivity index (χ2n) is 5.95. The van der Waals surface area contributed by atoms with Crippen LogP contribution in [0.5, 0.6) is 0 Å². The van der Waals surface area contributed by atoms with Crippen molar-refractivity contribution in [2.24, 2.45) is 5.92 Å². The summed E-state index contributed by atoms with van der Waals surface area (Å²) in [5.41, 5.74) is 0. The molecule has 0 spiro atoms. The Kier molecular flexibility index (Phi) is 5.77. The average Bonchev–Trinajstić information content (AvgIpc) is 2.16. The molecule has 96 valence electrons. The molecule has 0 atom stereocenters. The van der Waals surface area contributed by atoms with Crippen LogP contribution >= 0.6 is 0 Å². The SMILES string of the molecule is CC(C)CN(C)[C@H]1CC[C@@H](OC(C)C)CC1. The van der Waals surface area contributed by atoms with Gasteiger partial charge in [-0.1, -0.05) is 13.8 Å². The second-order valence-corrected chi connectivity index (χ2v) is 5.95. The molecule has 0 heterocycles. The van der Waals surface area contributed by atoms with Crippen molar-refractivity contribution in [1.82, 2.24) is 4.90 Å². The average molecular weight is 227 g/mol. The van der Waals surface area contributed by atoms with Crippen LogP contribution in [0.4, 0.5) is 0 Å². The molecule has 2 heteroatoms. The fraction of sp³-hybridized carbons (Fsp3) is 1.00. The monoisotopic (exact) mass is 227 g/mol. The largest absolute Gasteiger partial charge is 0.376 e. The lowest BCUT2D eigenvalue weighted by atomic mass is 9.91. The van der Waals surface area contributed by atoms with Crippen molar-refractivity contribution in [3.63, 3.8) is 0 Å². The molecule has 0 aliphatic heterocycles. The molecule has 0 unspecified atom stereocenters. The minimum Gasteiger partial charge on any atom is -0.376 e. The van der Waals surface area contributed by atoms with Gasteiger partial charge in [-0.05, 0) is 52.5 Å². The summed E-state index contributed by atoms with van der Waals surface area (Å²) in [6.07, 6.45) is 6.00. The van der Waals surface area contributed by atoms with Crippen molar-refractivity contribution in [2.45, 2.75) is 71.6 Å². The summed E-state index contributed by atoms with van der Waals surface area (Å²) in [5.74, 6) is 0.773. The molecule has 0 amide bonds. The lowest BCUT2D eigenvalue weighted by molar-refractivity contribution is -0.0248. The van der Waals surface area contributed by atoms with E-state index < -0.39 is 0 Å². The maximum Gasteiger partial charge on any atom is 0.0579 e. The van der Waals surface area contributed by atoms with E-state index in [-0.39, 0.29) is 0 Å². The number of nitrogens with zero attached hydrogens (tertiary/aromatic N) is 1. The third kappa shape index (κ3) is 4.84. The first kappa shape index (κ1) is 14.0. The highest BCUT2D eigenvalue weighted by Gasteiger charge is 2.24. The van der Waals surface area contributed by atoms with Crippen molar-refractivity contribution in [1.29, 1.82) is 0 Å². The topological polar surface area (TPSA) is 12.5 Å². The highest BCUT2D eigenvalue weighted by molar-refractivity contribution is 4.79. The van der Waals surface area contributed by atoms with Gasteiger partial charge in [0.15, 0.2) is 0 Å². The maximum atomic E-state index is 5.88. The van der Waals surface area contributed by atoms with Gasteiger partial charge in [-0.25, -0.2) is 0 Å². The van der Waals surface area contributed by atoms with Crippen molar-refractivity contribution < 1.29 is 4.74 Å². The smallest absolute Gasteiger partial charge is 0.0579 e. The Labute approximate surface area is 101 Å². The van der Waals surface area contributed by atoms with Gasteiger partial charge in [0.2, 0.25) is 0 Å². The van der Waals surface area contributed by atoms with E-state index in [1.807, 2.05) is 0 Å². The first-order valence-corrected chi connectivity index (χ1v) is 6.84. The Morgan fingerprint density at radius 2 is 1.62 bits per heavy atom.